The number of aromatic nitrogens is 2. The Bertz CT molecular complexity index is 1140. The molecule has 0 bridgehead atoms. The summed E-state index contributed by atoms with van der Waals surface area (Å²) in [7, 11) is 0. The highest BCUT2D eigenvalue weighted by Crippen LogP contribution is 2.16. The number of ether oxygens (including phenoxy) is 1. The van der Waals surface area contributed by atoms with Crippen LogP contribution in [-0.2, 0) is 16.1 Å². The van der Waals surface area contributed by atoms with Gasteiger partial charge in [-0.3, -0.25) is 9.59 Å². The number of rotatable bonds is 6. The van der Waals surface area contributed by atoms with Gasteiger partial charge in [0.25, 0.3) is 5.56 Å². The van der Waals surface area contributed by atoms with Gasteiger partial charge in [0.2, 0.25) is 5.91 Å². The summed E-state index contributed by atoms with van der Waals surface area (Å²) in [6.45, 7) is 1.21. The van der Waals surface area contributed by atoms with Crippen molar-refractivity contribution in [3.63, 3.8) is 0 Å². The summed E-state index contributed by atoms with van der Waals surface area (Å²) in [6, 6.07) is 13.1. The average Bonchev–Trinajstić information content (AvgIpc) is 3.25. The van der Waals surface area contributed by atoms with E-state index in [0.717, 1.165) is 12.8 Å². The van der Waals surface area contributed by atoms with Crippen molar-refractivity contribution in [1.29, 1.82) is 0 Å². The number of carbonyl (C=O) groups is 1. The lowest BCUT2D eigenvalue weighted by Gasteiger charge is -2.24. The van der Waals surface area contributed by atoms with Gasteiger partial charge in [0.1, 0.15) is 11.6 Å². The Morgan fingerprint density at radius 3 is 2.93 bits per heavy atom. The normalized spacial score (nSPS) is 16.4. The first-order valence-corrected chi connectivity index (χ1v) is 9.90. The quantitative estimate of drug-likeness (QED) is 0.637. The molecule has 2 aromatic carbocycles. The maximum atomic E-state index is 13.4. The minimum Gasteiger partial charge on any atom is -0.376 e. The molecule has 1 atom stereocenters. The van der Waals surface area contributed by atoms with E-state index >= 15 is 0 Å². The van der Waals surface area contributed by atoms with Crippen LogP contribution >= 0.6 is 0 Å². The molecule has 1 aromatic heterocycles. The Labute approximate surface area is 173 Å². The molecule has 7 heteroatoms. The number of carbonyl (C=O) groups excluding carboxylic acids is 1. The lowest BCUT2D eigenvalue weighted by atomic mass is 10.2. The van der Waals surface area contributed by atoms with E-state index in [0.29, 0.717) is 35.4 Å². The zero-order valence-electron chi connectivity index (χ0n) is 16.4. The van der Waals surface area contributed by atoms with Gasteiger partial charge in [-0.2, -0.15) is 0 Å². The van der Waals surface area contributed by atoms with Crippen LogP contribution in [0.1, 0.15) is 24.2 Å². The fraction of sp³-hybridized carbons (Fsp3) is 0.261. The van der Waals surface area contributed by atoms with E-state index in [9.17, 15) is 14.0 Å². The smallest absolute Gasteiger partial charge is 0.258 e. The number of benzene rings is 2. The molecule has 1 fully saturated rings. The van der Waals surface area contributed by atoms with Gasteiger partial charge in [0.15, 0.2) is 0 Å². The Balaban J connectivity index is 1.57. The minimum atomic E-state index is -0.362. The number of aromatic amines is 1. The number of H-pyrrole nitrogens is 1. The van der Waals surface area contributed by atoms with E-state index in [1.165, 1.54) is 18.2 Å². The molecule has 4 rings (SSSR count). The van der Waals surface area contributed by atoms with Crippen molar-refractivity contribution >= 4 is 22.9 Å². The summed E-state index contributed by atoms with van der Waals surface area (Å²) in [4.78, 5) is 34.1. The van der Waals surface area contributed by atoms with Crippen LogP contribution in [0.15, 0.2) is 59.4 Å². The summed E-state index contributed by atoms with van der Waals surface area (Å²) in [6.07, 6.45) is 4.76. The SMILES string of the molecule is O=C(/C=C/c1cccc(F)c1)N(Cc1nc2ccccc2c(=O)[nH]1)C[C@@H]1CCCO1. The van der Waals surface area contributed by atoms with E-state index in [1.807, 2.05) is 6.07 Å². The summed E-state index contributed by atoms with van der Waals surface area (Å²) < 4.78 is 19.1. The Hall–Kier alpha value is -3.32. The highest BCUT2D eigenvalue weighted by atomic mass is 19.1. The number of nitrogens with zero attached hydrogens (tertiary/aromatic N) is 2. The monoisotopic (exact) mass is 407 g/mol. The number of hydrogen-bond donors (Lipinski definition) is 1. The maximum absolute atomic E-state index is 13.4. The highest BCUT2D eigenvalue weighted by Gasteiger charge is 2.22. The van der Waals surface area contributed by atoms with Crippen LogP contribution < -0.4 is 5.56 Å². The van der Waals surface area contributed by atoms with E-state index in [2.05, 4.69) is 9.97 Å². The molecule has 0 aliphatic carbocycles. The Morgan fingerprint density at radius 2 is 2.13 bits per heavy atom. The third kappa shape index (κ3) is 4.80. The molecule has 3 aromatic rings. The molecule has 6 nitrogen and oxygen atoms in total. The summed E-state index contributed by atoms with van der Waals surface area (Å²) in [5, 5.41) is 0.504. The van der Waals surface area contributed by atoms with Crippen molar-refractivity contribution < 1.29 is 13.9 Å². The predicted octanol–water partition coefficient (Wildman–Crippen LogP) is 3.28. The average molecular weight is 407 g/mol. The van der Waals surface area contributed by atoms with Crippen molar-refractivity contribution in [2.75, 3.05) is 13.2 Å². The highest BCUT2D eigenvalue weighted by molar-refractivity contribution is 5.91. The van der Waals surface area contributed by atoms with Crippen LogP contribution in [0.2, 0.25) is 0 Å². The Morgan fingerprint density at radius 1 is 1.27 bits per heavy atom. The van der Waals surface area contributed by atoms with Crippen molar-refractivity contribution in [2.24, 2.45) is 0 Å². The lowest BCUT2D eigenvalue weighted by Crippen LogP contribution is -2.36. The molecule has 30 heavy (non-hydrogen) atoms. The molecule has 1 saturated heterocycles. The van der Waals surface area contributed by atoms with Crippen molar-refractivity contribution in [1.82, 2.24) is 14.9 Å². The number of para-hydroxylation sites is 1. The summed E-state index contributed by atoms with van der Waals surface area (Å²) in [5.74, 6) is -0.214. The van der Waals surface area contributed by atoms with Crippen LogP contribution in [0.5, 0.6) is 0 Å². The fourth-order valence-corrected chi connectivity index (χ4v) is 3.54. The predicted molar refractivity (Wildman–Crippen MR) is 112 cm³/mol. The van der Waals surface area contributed by atoms with E-state index in [1.54, 1.807) is 41.3 Å². The second kappa shape index (κ2) is 9.00. The first kappa shape index (κ1) is 20.0. The number of fused-ring (bicyclic) bond motifs is 1. The molecule has 154 valence electrons. The van der Waals surface area contributed by atoms with Gasteiger partial charge in [-0.25, -0.2) is 9.37 Å². The van der Waals surface area contributed by atoms with Crippen LogP contribution in [0.3, 0.4) is 0 Å². The lowest BCUT2D eigenvalue weighted by molar-refractivity contribution is -0.128. The van der Waals surface area contributed by atoms with Crippen LogP contribution in [0.25, 0.3) is 17.0 Å². The third-order valence-corrected chi connectivity index (χ3v) is 5.03. The largest absolute Gasteiger partial charge is 0.376 e. The number of amides is 1. The second-order valence-corrected chi connectivity index (χ2v) is 7.27. The molecular formula is C23H22FN3O3. The van der Waals surface area contributed by atoms with Crippen molar-refractivity contribution in [2.45, 2.75) is 25.5 Å². The molecule has 0 spiro atoms. The molecule has 1 aliphatic rings. The fourth-order valence-electron chi connectivity index (χ4n) is 3.54. The molecule has 0 saturated carbocycles. The molecule has 2 heterocycles. The standard InChI is InChI=1S/C23H22FN3O3/c24-17-6-3-5-16(13-17)10-11-22(28)27(14-18-7-4-12-30-18)15-21-25-20-9-2-1-8-19(20)23(29)26-21/h1-3,5-6,8-11,13,18H,4,7,12,14-15H2,(H,25,26,29)/b11-10+/t18-/m0/s1. The van der Waals surface area contributed by atoms with Gasteiger partial charge in [0, 0.05) is 19.2 Å². The van der Waals surface area contributed by atoms with Crippen LogP contribution in [-0.4, -0.2) is 40.0 Å². The second-order valence-electron chi connectivity index (χ2n) is 7.27. The maximum Gasteiger partial charge on any atom is 0.258 e. The molecule has 1 N–H and O–H groups in total. The molecule has 0 radical (unpaired) electrons. The van der Waals surface area contributed by atoms with Gasteiger partial charge in [-0.15, -0.1) is 0 Å². The molecule has 1 aliphatic heterocycles. The van der Waals surface area contributed by atoms with Gasteiger partial charge in [-0.1, -0.05) is 24.3 Å². The van der Waals surface area contributed by atoms with E-state index in [4.69, 9.17) is 4.74 Å². The first-order valence-electron chi connectivity index (χ1n) is 9.90. The zero-order chi connectivity index (χ0) is 20.9. The first-order chi connectivity index (χ1) is 14.6. The van der Waals surface area contributed by atoms with Crippen molar-refractivity contribution in [3.05, 3.63) is 82.2 Å². The van der Waals surface area contributed by atoms with Gasteiger partial charge in [-0.05, 0) is 48.7 Å². The van der Waals surface area contributed by atoms with Crippen LogP contribution in [0.4, 0.5) is 4.39 Å². The minimum absolute atomic E-state index is 0.0521. The number of nitrogens with one attached hydrogen (secondary N) is 1. The summed E-state index contributed by atoms with van der Waals surface area (Å²) in [5.41, 5.74) is 0.934. The molecule has 1 amide bonds. The third-order valence-electron chi connectivity index (χ3n) is 5.03. The molecular weight excluding hydrogens is 385 g/mol. The van der Waals surface area contributed by atoms with Crippen LogP contribution in [0, 0.1) is 5.82 Å². The van der Waals surface area contributed by atoms with Crippen molar-refractivity contribution in [3.8, 4) is 0 Å². The zero-order valence-corrected chi connectivity index (χ0v) is 16.4. The van der Waals surface area contributed by atoms with Gasteiger partial charge in [0.05, 0.1) is 23.6 Å². The topological polar surface area (TPSA) is 75.3 Å². The van der Waals surface area contributed by atoms with Gasteiger partial charge < -0.3 is 14.6 Å². The van der Waals surface area contributed by atoms with Gasteiger partial charge >= 0.3 is 0 Å². The van der Waals surface area contributed by atoms with E-state index < -0.39 is 0 Å². The number of halogens is 1. The molecule has 0 unspecified atom stereocenters. The van der Waals surface area contributed by atoms with E-state index in [-0.39, 0.29) is 29.9 Å². The number of hydrogen-bond acceptors (Lipinski definition) is 4. The summed E-state index contributed by atoms with van der Waals surface area (Å²) >= 11 is 0. The Kier molecular flexibility index (Phi) is 5.99.